The van der Waals surface area contributed by atoms with Crippen molar-refractivity contribution >= 4 is 17.9 Å². The number of hydrogen-bond acceptors (Lipinski definition) is 8. The van der Waals surface area contributed by atoms with Gasteiger partial charge in [-0.3, -0.25) is 9.59 Å². The molecule has 0 bridgehead atoms. The van der Waals surface area contributed by atoms with Gasteiger partial charge in [0.15, 0.2) is 12.4 Å². The highest BCUT2D eigenvalue weighted by Crippen LogP contribution is 2.19. The van der Waals surface area contributed by atoms with Gasteiger partial charge < -0.3 is 33.3 Å². The van der Waals surface area contributed by atoms with Crippen molar-refractivity contribution in [3.63, 3.8) is 0 Å². The summed E-state index contributed by atoms with van der Waals surface area (Å²) in [7, 11) is 5.95. The fraction of sp³-hybridized carbons (Fsp3) is 0.887. The van der Waals surface area contributed by atoms with Crippen LogP contribution in [0, 0.1) is 0 Å². The van der Waals surface area contributed by atoms with Crippen LogP contribution in [0.4, 0.5) is 0 Å². The first-order valence-electron chi connectivity index (χ1n) is 39.1. The van der Waals surface area contributed by atoms with E-state index in [0.717, 1.165) is 44.9 Å². The predicted molar refractivity (Wildman–Crippen MR) is 380 cm³/mol. The van der Waals surface area contributed by atoms with E-state index in [1.165, 1.54) is 327 Å². The van der Waals surface area contributed by atoms with E-state index in [4.69, 9.17) is 18.9 Å². The van der Waals surface area contributed by atoms with Crippen molar-refractivity contribution in [3.05, 3.63) is 36.5 Å². The minimum atomic E-state index is -1.62. The second-order valence-electron chi connectivity index (χ2n) is 28.0. The van der Waals surface area contributed by atoms with E-state index in [0.29, 0.717) is 17.4 Å². The largest absolute Gasteiger partial charge is 0.545 e. The molecule has 0 radical (unpaired) electrons. The Morgan fingerprint density at radius 3 is 0.899 bits per heavy atom. The molecule has 0 aromatic carbocycles. The van der Waals surface area contributed by atoms with Gasteiger partial charge in [0, 0.05) is 12.8 Å². The van der Waals surface area contributed by atoms with Gasteiger partial charge in [0.2, 0.25) is 0 Å². The summed E-state index contributed by atoms with van der Waals surface area (Å²) in [5.74, 6) is -2.25. The monoisotopic (exact) mass is 1250 g/mol. The molecule has 9 nitrogen and oxygen atoms in total. The third kappa shape index (κ3) is 72.8. The van der Waals surface area contributed by atoms with Gasteiger partial charge in [-0.25, -0.2) is 0 Å². The Balaban J connectivity index is 3.99. The normalized spacial score (nSPS) is 12.8. The lowest BCUT2D eigenvalue weighted by molar-refractivity contribution is -0.870. The summed E-state index contributed by atoms with van der Waals surface area (Å²) in [5, 5.41) is 11.8. The molecular weight excluding hydrogens is 1100 g/mol. The van der Waals surface area contributed by atoms with E-state index in [-0.39, 0.29) is 32.2 Å². The van der Waals surface area contributed by atoms with E-state index in [9.17, 15) is 19.5 Å². The Kier molecular flexibility index (Phi) is 69.4. The van der Waals surface area contributed by atoms with Gasteiger partial charge in [-0.1, -0.05) is 352 Å². The number of carbonyl (C=O) groups is 3. The fourth-order valence-electron chi connectivity index (χ4n) is 11.9. The van der Waals surface area contributed by atoms with Gasteiger partial charge in [0.05, 0.1) is 40.3 Å². The molecule has 0 N–H and O–H groups in total. The topological polar surface area (TPSA) is 111 Å². The molecule has 0 saturated carbocycles. The molecular formula is C80H151NO8. The highest BCUT2D eigenvalue weighted by molar-refractivity contribution is 5.70. The third-order valence-electron chi connectivity index (χ3n) is 17.9. The van der Waals surface area contributed by atoms with Crippen molar-refractivity contribution in [1.82, 2.24) is 0 Å². The minimum absolute atomic E-state index is 0.151. The first-order chi connectivity index (χ1) is 43.6. The molecule has 0 aromatic heterocycles. The standard InChI is InChI=1S/C80H151NO8/c1-6-8-10-12-14-16-18-20-22-24-26-28-30-32-34-36-37-38-39-40-41-43-45-47-49-51-53-55-57-59-61-63-65-67-69-71-78(83)89-76(75-88-80(79(84)85)86-73-72-81(3,4)5)74-87-77(82)70-68-66-64-62-60-58-56-54-52-50-48-46-44-42-35-33-31-29-27-25-23-21-19-17-15-13-11-9-7-2/h18,20,24-27,76,80H,6-17,19,21-23,28-75H2,1-5H3/b20-18-,26-24-,27-25-. The van der Waals surface area contributed by atoms with Gasteiger partial charge in [0.25, 0.3) is 0 Å². The van der Waals surface area contributed by atoms with Crippen LogP contribution in [0.15, 0.2) is 36.5 Å². The fourth-order valence-corrected chi connectivity index (χ4v) is 11.9. The number of allylic oxidation sites excluding steroid dienone is 6. The molecule has 0 aromatic rings. The number of aliphatic carboxylic acids is 1. The number of carboxylic acid groups (broad SMARTS) is 1. The Labute approximate surface area is 553 Å². The molecule has 2 unspecified atom stereocenters. The molecule has 0 rings (SSSR count). The summed E-state index contributed by atoms with van der Waals surface area (Å²) in [6.07, 6.45) is 88.4. The van der Waals surface area contributed by atoms with Crippen LogP contribution in [0.1, 0.15) is 399 Å². The van der Waals surface area contributed by atoms with Crippen molar-refractivity contribution in [2.24, 2.45) is 0 Å². The van der Waals surface area contributed by atoms with Gasteiger partial charge in [-0.05, 0) is 70.6 Å². The average Bonchev–Trinajstić information content (AvgIpc) is 3.64. The zero-order chi connectivity index (χ0) is 64.7. The summed E-state index contributed by atoms with van der Waals surface area (Å²) in [6, 6.07) is 0. The lowest BCUT2D eigenvalue weighted by Gasteiger charge is -2.26. The van der Waals surface area contributed by atoms with Crippen molar-refractivity contribution in [3.8, 4) is 0 Å². The number of ether oxygens (including phenoxy) is 4. The number of carboxylic acids is 1. The van der Waals surface area contributed by atoms with Gasteiger partial charge >= 0.3 is 11.9 Å². The molecule has 2 atom stereocenters. The number of hydrogen-bond donors (Lipinski definition) is 0. The Morgan fingerprint density at radius 2 is 0.607 bits per heavy atom. The van der Waals surface area contributed by atoms with Crippen molar-refractivity contribution in [1.29, 1.82) is 0 Å². The van der Waals surface area contributed by atoms with Crippen molar-refractivity contribution in [2.45, 2.75) is 411 Å². The Hall–Kier alpha value is -2.49. The van der Waals surface area contributed by atoms with E-state index in [1.807, 2.05) is 21.1 Å². The zero-order valence-electron chi connectivity index (χ0n) is 60.1. The molecule has 0 amide bonds. The first-order valence-corrected chi connectivity index (χ1v) is 39.1. The van der Waals surface area contributed by atoms with Gasteiger partial charge in [-0.15, -0.1) is 0 Å². The van der Waals surface area contributed by atoms with Crippen LogP contribution in [0.3, 0.4) is 0 Å². The minimum Gasteiger partial charge on any atom is -0.545 e. The summed E-state index contributed by atoms with van der Waals surface area (Å²) < 4.78 is 22.9. The smallest absolute Gasteiger partial charge is 0.306 e. The number of unbranched alkanes of at least 4 members (excludes halogenated alkanes) is 53. The lowest BCUT2D eigenvalue weighted by atomic mass is 10.0. The number of esters is 2. The SMILES string of the molecule is CCCCCCC/C=C\C/C=C\CCCCCCCCCCCCCCCCCCCCCCCCCC(=O)OC(COC(=O)CCCCCCCCCCCCCCCCCCC/C=C\CCCCCCCCCC)COC(OCC[N+](C)(C)C)C(=O)[O-]. The van der Waals surface area contributed by atoms with Crippen molar-refractivity contribution < 1.29 is 42.9 Å². The molecule has 89 heavy (non-hydrogen) atoms. The van der Waals surface area contributed by atoms with Crippen LogP contribution in [0.5, 0.6) is 0 Å². The van der Waals surface area contributed by atoms with Crippen molar-refractivity contribution in [2.75, 3.05) is 47.5 Å². The van der Waals surface area contributed by atoms with Gasteiger partial charge in [-0.2, -0.15) is 0 Å². The molecule has 9 heteroatoms. The van der Waals surface area contributed by atoms with Crippen LogP contribution in [-0.2, 0) is 33.3 Å². The second-order valence-corrected chi connectivity index (χ2v) is 28.0. The Bertz CT molecular complexity index is 1550. The number of quaternary nitrogens is 1. The third-order valence-corrected chi connectivity index (χ3v) is 17.9. The molecule has 0 fully saturated rings. The molecule has 0 saturated heterocycles. The number of nitrogens with zero attached hydrogens (tertiary/aromatic N) is 1. The molecule has 524 valence electrons. The highest BCUT2D eigenvalue weighted by Gasteiger charge is 2.22. The zero-order valence-corrected chi connectivity index (χ0v) is 60.1. The molecule has 0 aliphatic heterocycles. The first kappa shape index (κ1) is 86.5. The van der Waals surface area contributed by atoms with Crippen LogP contribution >= 0.6 is 0 Å². The Morgan fingerprint density at radius 1 is 0.337 bits per heavy atom. The van der Waals surface area contributed by atoms with Crippen LogP contribution in [0.2, 0.25) is 0 Å². The number of carbonyl (C=O) groups excluding carboxylic acids is 3. The molecule has 0 aliphatic carbocycles. The quantitative estimate of drug-likeness (QED) is 0.0195. The lowest BCUT2D eigenvalue weighted by Crippen LogP contribution is -2.44. The van der Waals surface area contributed by atoms with E-state index >= 15 is 0 Å². The van der Waals surface area contributed by atoms with E-state index in [1.54, 1.807) is 0 Å². The summed E-state index contributed by atoms with van der Waals surface area (Å²) in [4.78, 5) is 37.6. The highest BCUT2D eigenvalue weighted by atomic mass is 16.7. The second kappa shape index (κ2) is 71.4. The van der Waals surface area contributed by atoms with E-state index < -0.39 is 24.3 Å². The number of rotatable bonds is 74. The molecule has 0 heterocycles. The van der Waals surface area contributed by atoms with Gasteiger partial charge in [0.1, 0.15) is 13.2 Å². The van der Waals surface area contributed by atoms with Crippen LogP contribution < -0.4 is 5.11 Å². The number of likely N-dealkylation sites (N-methyl/N-ethyl adjacent to an activating group) is 1. The van der Waals surface area contributed by atoms with Crippen LogP contribution in [0.25, 0.3) is 0 Å². The average molecular weight is 1260 g/mol. The predicted octanol–water partition coefficient (Wildman–Crippen LogP) is 23.4. The summed E-state index contributed by atoms with van der Waals surface area (Å²) in [5.41, 5.74) is 0. The van der Waals surface area contributed by atoms with E-state index in [2.05, 4.69) is 50.3 Å². The molecule has 0 aliphatic rings. The van der Waals surface area contributed by atoms with Crippen LogP contribution in [-0.4, -0.2) is 82.3 Å². The molecule has 0 spiro atoms. The maximum Gasteiger partial charge on any atom is 0.306 e. The summed E-state index contributed by atoms with van der Waals surface area (Å²) >= 11 is 0. The summed E-state index contributed by atoms with van der Waals surface area (Å²) in [6.45, 7) is 4.81. The maximum absolute atomic E-state index is 13.0. The maximum atomic E-state index is 13.0.